The van der Waals surface area contributed by atoms with E-state index in [0.717, 1.165) is 44.7 Å². The Hall–Kier alpha value is -2.74. The predicted molar refractivity (Wildman–Crippen MR) is 107 cm³/mol. The molecule has 0 unspecified atom stereocenters. The number of carbonyl (C=O) groups is 2. The summed E-state index contributed by atoms with van der Waals surface area (Å²) in [6.07, 6.45) is 3.42. The summed E-state index contributed by atoms with van der Waals surface area (Å²) >= 11 is 0. The molecule has 4 rings (SSSR count). The van der Waals surface area contributed by atoms with E-state index in [2.05, 4.69) is 22.1 Å². The van der Waals surface area contributed by atoms with Crippen LogP contribution < -0.4 is 0 Å². The average Bonchev–Trinajstić information content (AvgIpc) is 3.34. The quantitative estimate of drug-likeness (QED) is 0.788. The van der Waals surface area contributed by atoms with Gasteiger partial charge in [0, 0.05) is 38.9 Å². The number of nitrogens with zero attached hydrogens (tertiary/aromatic N) is 5. The zero-order chi connectivity index (χ0) is 20.5. The lowest BCUT2D eigenvalue weighted by Crippen LogP contribution is -2.47. The summed E-state index contributed by atoms with van der Waals surface area (Å²) in [6, 6.07) is 3.62. The Bertz CT molecular complexity index is 880. The van der Waals surface area contributed by atoms with E-state index in [0.29, 0.717) is 29.1 Å². The van der Waals surface area contributed by atoms with E-state index in [9.17, 15) is 9.59 Å². The first-order valence-corrected chi connectivity index (χ1v) is 10.1. The fourth-order valence-corrected chi connectivity index (χ4v) is 4.17. The lowest BCUT2D eigenvalue weighted by atomic mass is 10.1. The van der Waals surface area contributed by atoms with E-state index < -0.39 is 0 Å². The van der Waals surface area contributed by atoms with Crippen LogP contribution in [-0.2, 0) is 0 Å². The monoisotopic (exact) mass is 397 g/mol. The van der Waals surface area contributed by atoms with E-state index >= 15 is 0 Å². The molecule has 154 valence electrons. The van der Waals surface area contributed by atoms with E-state index in [1.165, 1.54) is 0 Å². The van der Waals surface area contributed by atoms with Gasteiger partial charge in [0.2, 0.25) is 0 Å². The minimum absolute atomic E-state index is 0.0206. The molecule has 8 heteroatoms. The number of aromatic nitrogens is 2. The Morgan fingerprint density at radius 1 is 1.07 bits per heavy atom. The van der Waals surface area contributed by atoms with E-state index in [1.807, 2.05) is 21.9 Å². The van der Waals surface area contributed by atoms with Crippen molar-refractivity contribution >= 4 is 11.8 Å². The molecule has 8 nitrogen and oxygen atoms in total. The van der Waals surface area contributed by atoms with Gasteiger partial charge in [-0.15, -0.1) is 0 Å². The lowest BCUT2D eigenvalue weighted by molar-refractivity contribution is 0.0661. The van der Waals surface area contributed by atoms with Crippen LogP contribution in [-0.4, -0.2) is 76.4 Å². The molecule has 2 fully saturated rings. The summed E-state index contributed by atoms with van der Waals surface area (Å²) in [6.45, 7) is 7.47. The van der Waals surface area contributed by atoms with Gasteiger partial charge in [0.1, 0.15) is 11.3 Å². The average molecular weight is 397 g/mol. The molecule has 1 atom stereocenters. The van der Waals surface area contributed by atoms with Crippen LogP contribution in [0.4, 0.5) is 0 Å². The molecule has 29 heavy (non-hydrogen) atoms. The van der Waals surface area contributed by atoms with Gasteiger partial charge in [-0.25, -0.2) is 0 Å². The van der Waals surface area contributed by atoms with Crippen LogP contribution in [0, 0.1) is 13.8 Å². The van der Waals surface area contributed by atoms with Crippen molar-refractivity contribution in [3.05, 3.63) is 46.6 Å². The number of pyridine rings is 1. The van der Waals surface area contributed by atoms with Gasteiger partial charge in [-0.1, -0.05) is 5.16 Å². The number of likely N-dealkylation sites (tertiary alicyclic amines) is 1. The van der Waals surface area contributed by atoms with Crippen LogP contribution in [0.3, 0.4) is 0 Å². The smallest absolute Gasteiger partial charge is 0.259 e. The van der Waals surface area contributed by atoms with Gasteiger partial charge in [-0.05, 0) is 45.9 Å². The predicted octanol–water partition coefficient (Wildman–Crippen LogP) is 2.05. The number of carbonyl (C=O) groups excluding carboxylic acids is 2. The van der Waals surface area contributed by atoms with Gasteiger partial charge in [0.05, 0.1) is 23.0 Å². The summed E-state index contributed by atoms with van der Waals surface area (Å²) in [5, 5.41) is 3.90. The highest BCUT2D eigenvalue weighted by Gasteiger charge is 2.34. The van der Waals surface area contributed by atoms with Gasteiger partial charge < -0.3 is 19.2 Å². The van der Waals surface area contributed by atoms with Crippen molar-refractivity contribution in [3.63, 3.8) is 0 Å². The largest absolute Gasteiger partial charge is 0.361 e. The first kappa shape index (κ1) is 19.6. The highest BCUT2D eigenvalue weighted by Crippen LogP contribution is 2.33. The Labute approximate surface area is 170 Å². The molecular formula is C21H27N5O3. The van der Waals surface area contributed by atoms with Crippen molar-refractivity contribution in [2.24, 2.45) is 0 Å². The Balaban J connectivity index is 1.49. The molecule has 0 aromatic carbocycles. The molecular weight excluding hydrogens is 370 g/mol. The van der Waals surface area contributed by atoms with Crippen molar-refractivity contribution in [3.8, 4) is 0 Å². The fraction of sp³-hybridized carbons (Fsp3) is 0.524. The molecule has 0 bridgehead atoms. The third-order valence-electron chi connectivity index (χ3n) is 5.93. The SMILES string of the molecule is Cc1noc(C)c1C(=O)N1CCC[C@H]1c1ccc(C(=O)N2CCN(C)CC2)cn1. The molecule has 2 aromatic heterocycles. The van der Waals surface area contributed by atoms with Crippen LogP contribution in [0.2, 0.25) is 0 Å². The van der Waals surface area contributed by atoms with Crippen molar-refractivity contribution < 1.29 is 14.1 Å². The summed E-state index contributed by atoms with van der Waals surface area (Å²) in [7, 11) is 2.06. The standard InChI is InChI=1S/C21H27N5O3/c1-14-19(15(2)29-23-14)21(28)26-8-4-5-18(26)17-7-6-16(13-22-17)20(27)25-11-9-24(3)10-12-25/h6-7,13,18H,4-5,8-12H2,1-3H3/t18-/m0/s1. The van der Waals surface area contributed by atoms with Crippen molar-refractivity contribution in [1.29, 1.82) is 0 Å². The minimum Gasteiger partial charge on any atom is -0.361 e. The summed E-state index contributed by atoms with van der Waals surface area (Å²) in [5.41, 5.74) is 2.57. The van der Waals surface area contributed by atoms with Crippen molar-refractivity contribution in [1.82, 2.24) is 24.8 Å². The van der Waals surface area contributed by atoms with Crippen LogP contribution >= 0.6 is 0 Å². The number of piperazine rings is 1. The second-order valence-electron chi connectivity index (χ2n) is 7.92. The number of hydrogen-bond donors (Lipinski definition) is 0. The summed E-state index contributed by atoms with van der Waals surface area (Å²) in [4.78, 5) is 36.3. The van der Waals surface area contributed by atoms with Crippen LogP contribution in [0.25, 0.3) is 0 Å². The van der Waals surface area contributed by atoms with E-state index in [4.69, 9.17) is 4.52 Å². The molecule has 0 aliphatic carbocycles. The maximum absolute atomic E-state index is 13.1. The molecule has 4 heterocycles. The molecule has 0 spiro atoms. The molecule has 2 aromatic rings. The topological polar surface area (TPSA) is 82.8 Å². The fourth-order valence-electron chi connectivity index (χ4n) is 4.17. The Morgan fingerprint density at radius 2 is 1.83 bits per heavy atom. The highest BCUT2D eigenvalue weighted by atomic mass is 16.5. The molecule has 2 amide bonds. The zero-order valence-corrected chi connectivity index (χ0v) is 17.2. The maximum Gasteiger partial charge on any atom is 0.259 e. The van der Waals surface area contributed by atoms with Crippen LogP contribution in [0.5, 0.6) is 0 Å². The van der Waals surface area contributed by atoms with Crippen molar-refractivity contribution in [2.75, 3.05) is 39.8 Å². The summed E-state index contributed by atoms with van der Waals surface area (Å²) < 4.78 is 5.17. The number of likely N-dealkylation sites (N-methyl/N-ethyl adjacent to an activating group) is 1. The third kappa shape index (κ3) is 3.76. The maximum atomic E-state index is 13.1. The number of hydrogen-bond acceptors (Lipinski definition) is 6. The van der Waals surface area contributed by atoms with Gasteiger partial charge in [-0.2, -0.15) is 0 Å². The van der Waals surface area contributed by atoms with Crippen molar-refractivity contribution in [2.45, 2.75) is 32.7 Å². The highest BCUT2D eigenvalue weighted by molar-refractivity contribution is 5.96. The molecule has 2 aliphatic rings. The number of amides is 2. The normalized spacial score (nSPS) is 20.3. The zero-order valence-electron chi connectivity index (χ0n) is 17.2. The molecule has 0 N–H and O–H groups in total. The first-order chi connectivity index (χ1) is 14.0. The number of aryl methyl sites for hydroxylation is 2. The molecule has 0 radical (unpaired) electrons. The number of rotatable bonds is 3. The van der Waals surface area contributed by atoms with Crippen LogP contribution in [0.1, 0.15) is 56.7 Å². The minimum atomic E-state index is -0.0935. The second-order valence-corrected chi connectivity index (χ2v) is 7.92. The van der Waals surface area contributed by atoms with E-state index in [1.54, 1.807) is 20.0 Å². The van der Waals surface area contributed by atoms with Gasteiger partial charge in [-0.3, -0.25) is 14.6 Å². The van der Waals surface area contributed by atoms with Gasteiger partial charge in [0.25, 0.3) is 11.8 Å². The molecule has 0 saturated carbocycles. The molecule has 2 saturated heterocycles. The third-order valence-corrected chi connectivity index (χ3v) is 5.93. The van der Waals surface area contributed by atoms with Gasteiger partial charge in [0.15, 0.2) is 0 Å². The van der Waals surface area contributed by atoms with Crippen LogP contribution in [0.15, 0.2) is 22.9 Å². The Morgan fingerprint density at radius 3 is 2.45 bits per heavy atom. The molecule has 2 aliphatic heterocycles. The summed E-state index contributed by atoms with van der Waals surface area (Å²) in [5.74, 6) is 0.495. The lowest BCUT2D eigenvalue weighted by Gasteiger charge is -2.32. The Kier molecular flexibility index (Phi) is 5.36. The second kappa shape index (κ2) is 7.94. The first-order valence-electron chi connectivity index (χ1n) is 10.1. The van der Waals surface area contributed by atoms with Gasteiger partial charge >= 0.3 is 0 Å². The van der Waals surface area contributed by atoms with E-state index in [-0.39, 0.29) is 17.9 Å².